The van der Waals surface area contributed by atoms with E-state index in [-0.39, 0.29) is 12.2 Å². The van der Waals surface area contributed by atoms with Gasteiger partial charge in [0, 0.05) is 27.3 Å². The molecule has 6 aromatic rings. The summed E-state index contributed by atoms with van der Waals surface area (Å²) >= 11 is 0. The number of fused-ring (bicyclic) bond motifs is 10. The molecule has 10 rings (SSSR count). The van der Waals surface area contributed by atoms with Crippen LogP contribution >= 0.6 is 0 Å². The van der Waals surface area contributed by atoms with Crippen molar-refractivity contribution in [3.63, 3.8) is 0 Å². The first kappa shape index (κ1) is 23.7. The molecule has 1 N–H and O–H groups in total. The highest BCUT2D eigenvalue weighted by Gasteiger charge is 2.40. The van der Waals surface area contributed by atoms with E-state index in [0.29, 0.717) is 0 Å². The Labute approximate surface area is 254 Å². The summed E-state index contributed by atoms with van der Waals surface area (Å²) in [6.45, 7) is 0. The Morgan fingerprint density at radius 2 is 1.68 bits per heavy atom. The molecule has 0 radical (unpaired) electrons. The van der Waals surface area contributed by atoms with Crippen molar-refractivity contribution >= 4 is 51.9 Å². The van der Waals surface area contributed by atoms with Crippen molar-refractivity contribution in [2.45, 2.75) is 12.2 Å². The minimum absolute atomic E-state index is 0.0250. The lowest BCUT2D eigenvalue weighted by molar-refractivity contribution is 0.622. The highest BCUT2D eigenvalue weighted by Crippen LogP contribution is 2.57. The second-order valence-corrected chi connectivity index (χ2v) is 11.7. The van der Waals surface area contributed by atoms with E-state index >= 15 is 0 Å². The first-order chi connectivity index (χ1) is 21.8. The van der Waals surface area contributed by atoms with Crippen LogP contribution in [0.4, 0.5) is 22.7 Å². The van der Waals surface area contributed by atoms with E-state index < -0.39 is 0 Å². The number of nitrogens with one attached hydrogen (secondary N) is 1. The molecule has 0 amide bonds. The fourth-order valence-corrected chi connectivity index (χ4v) is 7.17. The molecule has 208 valence electrons. The Kier molecular flexibility index (Phi) is 4.77. The summed E-state index contributed by atoms with van der Waals surface area (Å²) in [5.74, 6) is 0.924. The first-order valence-corrected chi connectivity index (χ1v) is 15.0. The van der Waals surface area contributed by atoms with Crippen LogP contribution < -0.4 is 25.8 Å². The number of nitrogens with zero attached hydrogens (tertiary/aromatic N) is 3. The zero-order chi connectivity index (χ0) is 28.8. The predicted molar refractivity (Wildman–Crippen MR) is 178 cm³/mol. The molecule has 5 nitrogen and oxygen atoms in total. The van der Waals surface area contributed by atoms with Crippen LogP contribution in [0.25, 0.3) is 40.5 Å². The number of anilines is 4. The van der Waals surface area contributed by atoms with Gasteiger partial charge in [-0.15, -0.1) is 0 Å². The lowest BCUT2D eigenvalue weighted by Gasteiger charge is -2.37. The molecule has 0 saturated heterocycles. The number of para-hydroxylation sites is 2. The molecule has 4 aliphatic heterocycles. The fourth-order valence-electron chi connectivity index (χ4n) is 7.17. The van der Waals surface area contributed by atoms with E-state index in [4.69, 9.17) is 9.52 Å². The molecule has 0 spiro atoms. The largest absolute Gasteiger partial charge is 0.454 e. The molecule has 0 aliphatic carbocycles. The summed E-state index contributed by atoms with van der Waals surface area (Å²) in [6.07, 6.45) is 10.9. The van der Waals surface area contributed by atoms with Gasteiger partial charge in [-0.25, -0.2) is 0 Å². The van der Waals surface area contributed by atoms with Gasteiger partial charge < -0.3 is 14.6 Å². The minimum atomic E-state index is 0.0250. The summed E-state index contributed by atoms with van der Waals surface area (Å²) in [4.78, 5) is 2.40. The monoisotopic (exact) mass is 566 g/mol. The van der Waals surface area contributed by atoms with Crippen molar-refractivity contribution in [3.8, 4) is 11.3 Å². The second-order valence-electron chi connectivity index (χ2n) is 11.7. The zero-order valence-corrected chi connectivity index (χ0v) is 23.7. The van der Waals surface area contributed by atoms with Crippen LogP contribution in [0.2, 0.25) is 0 Å². The maximum absolute atomic E-state index is 6.56. The Morgan fingerprint density at radius 3 is 2.64 bits per heavy atom. The highest BCUT2D eigenvalue weighted by atomic mass is 16.3. The van der Waals surface area contributed by atoms with Crippen LogP contribution in [0.5, 0.6) is 0 Å². The fraction of sp³-hybridized carbons (Fsp3) is 0.0513. The van der Waals surface area contributed by atoms with Crippen molar-refractivity contribution in [3.05, 3.63) is 154 Å². The Bertz CT molecular complexity index is 2350. The number of allylic oxidation sites excluding steroid dienone is 1. The lowest BCUT2D eigenvalue weighted by Crippen LogP contribution is -2.46. The second kappa shape index (κ2) is 8.85. The summed E-state index contributed by atoms with van der Waals surface area (Å²) < 4.78 is 6.56. The van der Waals surface area contributed by atoms with E-state index in [0.717, 1.165) is 49.8 Å². The Morgan fingerprint density at radius 1 is 0.818 bits per heavy atom. The van der Waals surface area contributed by atoms with E-state index in [1.54, 1.807) is 0 Å². The van der Waals surface area contributed by atoms with Gasteiger partial charge in [-0.05, 0) is 35.4 Å². The number of hydrogen-bond donors (Lipinski definition) is 1. The minimum Gasteiger partial charge on any atom is -0.454 e. The molecule has 2 unspecified atom stereocenters. The van der Waals surface area contributed by atoms with Crippen LogP contribution in [-0.4, -0.2) is 0 Å². The maximum Gasteiger partial charge on any atom is 0.159 e. The van der Waals surface area contributed by atoms with Crippen LogP contribution in [0.1, 0.15) is 34.5 Å². The molecule has 4 aliphatic rings. The van der Waals surface area contributed by atoms with Gasteiger partial charge in [-0.3, -0.25) is 5.01 Å². The SMILES string of the molecule is C1=CC(c2ccccc2)N2N=c3c2c1cc/c3=C/C=C/c1ccc2oc3c(c2c1)N1c2ccccc2NC1c1ccccc1-3. The van der Waals surface area contributed by atoms with E-state index in [2.05, 4.69) is 155 Å². The molecular formula is C39H26N4O. The van der Waals surface area contributed by atoms with E-state index in [1.807, 2.05) is 0 Å². The third-order valence-corrected chi connectivity index (χ3v) is 9.22. The molecule has 5 aromatic carbocycles. The molecule has 1 aromatic heterocycles. The highest BCUT2D eigenvalue weighted by molar-refractivity contribution is 6.06. The van der Waals surface area contributed by atoms with Crippen LogP contribution in [0.3, 0.4) is 0 Å². The van der Waals surface area contributed by atoms with Crippen LogP contribution in [-0.2, 0) is 0 Å². The van der Waals surface area contributed by atoms with Crippen molar-refractivity contribution in [1.82, 2.24) is 0 Å². The Balaban J connectivity index is 1.04. The van der Waals surface area contributed by atoms with E-state index in [1.165, 1.54) is 28.1 Å². The molecule has 5 heteroatoms. The van der Waals surface area contributed by atoms with Gasteiger partial charge >= 0.3 is 0 Å². The van der Waals surface area contributed by atoms with Gasteiger partial charge in [-0.1, -0.05) is 115 Å². The number of benzene rings is 5. The summed E-state index contributed by atoms with van der Waals surface area (Å²) in [6, 6.07) is 38.6. The lowest BCUT2D eigenvalue weighted by atomic mass is 9.95. The standard InChI is InChI=1S/C39H26N4O/c1-2-10-25(11-3-1)32-21-20-27-19-18-26(35-36(27)43(32)41-35)12-8-9-24-17-22-34-30(23-24)37-38(44-34)28-13-4-5-14-29(28)39-40-31-15-6-7-16-33(31)42(37)39/h1-23,32,39-40H/b9-8+,26-12-. The number of furan rings is 1. The van der Waals surface area contributed by atoms with Gasteiger partial charge in [0.15, 0.2) is 5.76 Å². The van der Waals surface area contributed by atoms with Crippen molar-refractivity contribution in [2.75, 3.05) is 15.2 Å². The summed E-state index contributed by atoms with van der Waals surface area (Å²) in [5.41, 5.74) is 11.5. The molecule has 44 heavy (non-hydrogen) atoms. The van der Waals surface area contributed by atoms with Crippen LogP contribution in [0.15, 0.2) is 131 Å². The van der Waals surface area contributed by atoms with Crippen molar-refractivity contribution in [1.29, 1.82) is 0 Å². The number of rotatable bonds is 3. The van der Waals surface area contributed by atoms with Crippen molar-refractivity contribution in [2.24, 2.45) is 5.10 Å². The Hall–Kier alpha value is -5.81. The predicted octanol–water partition coefficient (Wildman–Crippen LogP) is 8.29. The quantitative estimate of drug-likeness (QED) is 0.234. The smallest absolute Gasteiger partial charge is 0.159 e. The van der Waals surface area contributed by atoms with Gasteiger partial charge in [0.05, 0.1) is 28.8 Å². The molecule has 5 heterocycles. The summed E-state index contributed by atoms with van der Waals surface area (Å²) in [7, 11) is 0. The molecule has 0 fully saturated rings. The van der Waals surface area contributed by atoms with Gasteiger partial charge in [0.25, 0.3) is 0 Å². The van der Waals surface area contributed by atoms with Gasteiger partial charge in [0.2, 0.25) is 0 Å². The van der Waals surface area contributed by atoms with Crippen molar-refractivity contribution < 1.29 is 4.42 Å². The number of hydrogen-bond acceptors (Lipinski definition) is 5. The zero-order valence-electron chi connectivity index (χ0n) is 23.7. The van der Waals surface area contributed by atoms with Gasteiger partial charge in [-0.2, -0.15) is 5.10 Å². The third kappa shape index (κ3) is 3.26. The molecular weight excluding hydrogens is 540 g/mol. The first-order valence-electron chi connectivity index (χ1n) is 15.0. The average molecular weight is 567 g/mol. The third-order valence-electron chi connectivity index (χ3n) is 9.22. The molecule has 0 bridgehead atoms. The molecule has 0 saturated carbocycles. The topological polar surface area (TPSA) is 44.0 Å². The van der Waals surface area contributed by atoms with Crippen LogP contribution in [0, 0.1) is 0 Å². The van der Waals surface area contributed by atoms with Gasteiger partial charge in [0.1, 0.15) is 17.1 Å². The summed E-state index contributed by atoms with van der Waals surface area (Å²) in [5, 5.41) is 14.1. The van der Waals surface area contributed by atoms with E-state index in [9.17, 15) is 0 Å². The maximum atomic E-state index is 6.56. The average Bonchev–Trinajstić information content (AvgIpc) is 3.63. The normalized spacial score (nSPS) is 18.7. The molecule has 2 atom stereocenters.